The molecule has 0 aromatic carbocycles. The molecule has 0 heterocycles. The van der Waals surface area contributed by atoms with Crippen LogP contribution in [0, 0.1) is 0 Å². The van der Waals surface area contributed by atoms with Crippen molar-refractivity contribution in [1.29, 1.82) is 0 Å². The van der Waals surface area contributed by atoms with Crippen molar-refractivity contribution < 1.29 is 28.6 Å². The minimum Gasteiger partial charge on any atom is -0.462 e. The Bertz CT molecular complexity index is 1560. The predicted octanol–water partition coefficient (Wildman–Crippen LogP) is 23.6. The molecule has 0 aliphatic rings. The minimum absolute atomic E-state index is 0.0836. The lowest BCUT2D eigenvalue weighted by atomic mass is 10.1. The van der Waals surface area contributed by atoms with Gasteiger partial charge in [-0.1, -0.05) is 291 Å². The molecular weight excluding hydrogens is 985 g/mol. The first-order valence-electron chi connectivity index (χ1n) is 34.2. The van der Waals surface area contributed by atoms with Crippen molar-refractivity contribution in [2.24, 2.45) is 0 Å². The molecule has 0 fully saturated rings. The number of ether oxygens (including phenoxy) is 3. The number of esters is 3. The Balaban J connectivity index is 4.34. The van der Waals surface area contributed by atoms with Gasteiger partial charge in [0.05, 0.1) is 0 Å². The summed E-state index contributed by atoms with van der Waals surface area (Å²) in [7, 11) is 0. The van der Waals surface area contributed by atoms with E-state index in [0.717, 1.165) is 109 Å². The van der Waals surface area contributed by atoms with Crippen molar-refractivity contribution in [1.82, 2.24) is 0 Å². The van der Waals surface area contributed by atoms with E-state index in [2.05, 4.69) is 118 Å². The highest BCUT2D eigenvalue weighted by Gasteiger charge is 2.19. The van der Waals surface area contributed by atoms with Crippen LogP contribution in [0.3, 0.4) is 0 Å². The smallest absolute Gasteiger partial charge is 0.306 e. The predicted molar refractivity (Wildman–Crippen MR) is 348 cm³/mol. The van der Waals surface area contributed by atoms with Crippen molar-refractivity contribution in [3.05, 3.63) is 97.2 Å². The van der Waals surface area contributed by atoms with Crippen LogP contribution < -0.4 is 0 Å². The third-order valence-electron chi connectivity index (χ3n) is 14.8. The number of hydrogen-bond donors (Lipinski definition) is 0. The Morgan fingerprint density at radius 3 is 0.775 bits per heavy atom. The van der Waals surface area contributed by atoms with Gasteiger partial charge >= 0.3 is 17.9 Å². The second-order valence-electron chi connectivity index (χ2n) is 22.7. The lowest BCUT2D eigenvalue weighted by Crippen LogP contribution is -2.30. The van der Waals surface area contributed by atoms with E-state index in [4.69, 9.17) is 14.2 Å². The highest BCUT2D eigenvalue weighted by atomic mass is 16.6. The van der Waals surface area contributed by atoms with Crippen LogP contribution >= 0.6 is 0 Å². The molecule has 80 heavy (non-hydrogen) atoms. The molecule has 1 atom stereocenters. The standard InChI is InChI=1S/C74H128O6/c1-4-7-10-13-16-19-22-25-28-30-32-34-35-36-37-38-39-41-42-44-46-49-52-55-58-61-64-67-73(76)79-70-71(69-78-72(75)66-63-60-57-54-51-48-27-24-21-18-15-12-9-6-3)80-74(77)68-65-62-59-56-53-50-47-45-43-40-33-31-29-26-23-20-17-14-11-8-5-2/h7,10,16,19,24-25,27-28,31-34,36-37,39,41,71H,4-6,8-9,11-15,17-18,20-23,26,29-30,35,38,40,42-70H2,1-3H3/b10-7-,19-16-,27-24-,28-25-,33-31-,34-32-,37-36-,41-39-. The number of allylic oxidation sites excluding steroid dienone is 16. The monoisotopic (exact) mass is 1110 g/mol. The fourth-order valence-electron chi connectivity index (χ4n) is 9.67. The summed E-state index contributed by atoms with van der Waals surface area (Å²) in [5, 5.41) is 0. The van der Waals surface area contributed by atoms with Crippen LogP contribution in [0.5, 0.6) is 0 Å². The van der Waals surface area contributed by atoms with Crippen molar-refractivity contribution in [3.8, 4) is 0 Å². The molecule has 0 saturated carbocycles. The second-order valence-corrected chi connectivity index (χ2v) is 22.7. The van der Waals surface area contributed by atoms with Gasteiger partial charge in [-0.2, -0.15) is 0 Å². The highest BCUT2D eigenvalue weighted by Crippen LogP contribution is 2.16. The van der Waals surface area contributed by atoms with Gasteiger partial charge in [0.15, 0.2) is 6.10 Å². The van der Waals surface area contributed by atoms with Gasteiger partial charge in [0.25, 0.3) is 0 Å². The molecule has 0 N–H and O–H groups in total. The molecule has 0 saturated heterocycles. The van der Waals surface area contributed by atoms with Crippen LogP contribution in [0.15, 0.2) is 97.2 Å². The third-order valence-corrected chi connectivity index (χ3v) is 14.8. The Labute approximate surface area is 496 Å². The molecular formula is C74H128O6. The van der Waals surface area contributed by atoms with Gasteiger partial charge in [-0.25, -0.2) is 0 Å². The second kappa shape index (κ2) is 67.8. The van der Waals surface area contributed by atoms with E-state index in [9.17, 15) is 14.4 Å². The van der Waals surface area contributed by atoms with E-state index in [1.54, 1.807) is 0 Å². The number of carbonyl (C=O) groups excluding carboxylic acids is 3. The minimum atomic E-state index is -0.787. The highest BCUT2D eigenvalue weighted by molar-refractivity contribution is 5.71. The van der Waals surface area contributed by atoms with E-state index in [1.807, 2.05) is 0 Å². The van der Waals surface area contributed by atoms with Gasteiger partial charge in [-0.15, -0.1) is 0 Å². The van der Waals surface area contributed by atoms with Crippen molar-refractivity contribution >= 4 is 17.9 Å². The number of hydrogen-bond acceptors (Lipinski definition) is 6. The van der Waals surface area contributed by atoms with Crippen molar-refractivity contribution in [3.63, 3.8) is 0 Å². The molecule has 0 radical (unpaired) electrons. The van der Waals surface area contributed by atoms with E-state index < -0.39 is 6.10 Å². The van der Waals surface area contributed by atoms with E-state index >= 15 is 0 Å². The lowest BCUT2D eigenvalue weighted by molar-refractivity contribution is -0.167. The first kappa shape index (κ1) is 76.3. The molecule has 0 aliphatic heterocycles. The summed E-state index contributed by atoms with van der Waals surface area (Å²) in [5.74, 6) is -0.888. The molecule has 6 nitrogen and oxygen atoms in total. The first-order chi connectivity index (χ1) is 39.5. The van der Waals surface area contributed by atoms with Crippen LogP contribution in [-0.4, -0.2) is 37.2 Å². The summed E-state index contributed by atoms with van der Waals surface area (Å²) in [5.41, 5.74) is 0. The van der Waals surface area contributed by atoms with Gasteiger partial charge in [0.1, 0.15) is 13.2 Å². The Hall–Kier alpha value is -3.67. The maximum Gasteiger partial charge on any atom is 0.306 e. The fourth-order valence-corrected chi connectivity index (χ4v) is 9.67. The summed E-state index contributed by atoms with van der Waals surface area (Å²) in [6.45, 7) is 6.54. The Morgan fingerprint density at radius 1 is 0.263 bits per heavy atom. The molecule has 0 aromatic rings. The van der Waals surface area contributed by atoms with Gasteiger partial charge < -0.3 is 14.2 Å². The van der Waals surface area contributed by atoms with Crippen molar-refractivity contribution in [2.75, 3.05) is 13.2 Å². The third kappa shape index (κ3) is 65.1. The number of rotatable bonds is 62. The van der Waals surface area contributed by atoms with E-state index in [-0.39, 0.29) is 31.1 Å². The molecule has 1 unspecified atom stereocenters. The van der Waals surface area contributed by atoms with Crippen LogP contribution in [0.4, 0.5) is 0 Å². The summed E-state index contributed by atoms with van der Waals surface area (Å²) >= 11 is 0. The average molecular weight is 1110 g/mol. The molecule has 460 valence electrons. The molecule has 0 aromatic heterocycles. The van der Waals surface area contributed by atoms with E-state index in [1.165, 1.54) is 186 Å². The number of unbranched alkanes of at least 4 members (excludes halogenated alkanes) is 35. The van der Waals surface area contributed by atoms with Gasteiger partial charge in [0, 0.05) is 19.3 Å². The number of carbonyl (C=O) groups is 3. The molecule has 0 rings (SSSR count). The Kier molecular flexibility index (Phi) is 64.7. The first-order valence-corrected chi connectivity index (χ1v) is 34.2. The van der Waals surface area contributed by atoms with Gasteiger partial charge in [-0.05, 0) is 122 Å². The summed E-state index contributed by atoms with van der Waals surface area (Å²) in [6, 6.07) is 0. The van der Waals surface area contributed by atoms with Gasteiger partial charge in [-0.3, -0.25) is 14.4 Å². The molecule has 6 heteroatoms. The Morgan fingerprint density at radius 2 is 0.487 bits per heavy atom. The maximum atomic E-state index is 12.9. The SMILES string of the molecule is CC/C=C\C/C=C\C/C=C\C/C=C\C/C=C\C/C=C\CCCCCCCCCCC(=O)OCC(COC(=O)CCCCCCC/C=C\CCCCCCC)OC(=O)CCCCCCCCCCC/C=C\CCCCCCCCCC. The topological polar surface area (TPSA) is 78.9 Å². The van der Waals surface area contributed by atoms with Gasteiger partial charge in [0.2, 0.25) is 0 Å². The van der Waals surface area contributed by atoms with E-state index in [0.29, 0.717) is 19.3 Å². The largest absolute Gasteiger partial charge is 0.462 e. The maximum absolute atomic E-state index is 12.9. The average Bonchev–Trinajstić information content (AvgIpc) is 3.46. The quantitative estimate of drug-likeness (QED) is 0.0261. The molecule has 0 amide bonds. The zero-order chi connectivity index (χ0) is 57.8. The zero-order valence-corrected chi connectivity index (χ0v) is 52.8. The van der Waals surface area contributed by atoms with Crippen LogP contribution in [0.2, 0.25) is 0 Å². The van der Waals surface area contributed by atoms with Crippen LogP contribution in [-0.2, 0) is 28.6 Å². The van der Waals surface area contributed by atoms with Crippen LogP contribution in [0.1, 0.15) is 335 Å². The summed E-state index contributed by atoms with van der Waals surface area (Å²) in [6.07, 6.45) is 91.3. The fraction of sp³-hybridized carbons (Fsp3) is 0.743. The summed E-state index contributed by atoms with van der Waals surface area (Å²) in [4.78, 5) is 38.4. The molecule has 0 aliphatic carbocycles. The molecule has 0 bridgehead atoms. The lowest BCUT2D eigenvalue weighted by Gasteiger charge is -2.18. The van der Waals surface area contributed by atoms with Crippen molar-refractivity contribution in [2.45, 2.75) is 341 Å². The van der Waals surface area contributed by atoms with Crippen LogP contribution in [0.25, 0.3) is 0 Å². The zero-order valence-electron chi connectivity index (χ0n) is 52.8. The normalized spacial score (nSPS) is 12.7. The summed E-state index contributed by atoms with van der Waals surface area (Å²) < 4.78 is 17.0. The molecule has 0 spiro atoms.